The van der Waals surface area contributed by atoms with E-state index in [1.54, 1.807) is 7.11 Å². The van der Waals surface area contributed by atoms with Gasteiger partial charge in [-0.2, -0.15) is 0 Å². The molecule has 0 radical (unpaired) electrons. The zero-order valence-electron chi connectivity index (χ0n) is 12.9. The van der Waals surface area contributed by atoms with Gasteiger partial charge in [0.05, 0.1) is 18.2 Å². The molecule has 0 amide bonds. The summed E-state index contributed by atoms with van der Waals surface area (Å²) in [4.78, 5) is 0. The number of benzene rings is 1. The molecular formula is C15H24BrNO3S. The van der Waals surface area contributed by atoms with E-state index in [9.17, 15) is 4.21 Å². The summed E-state index contributed by atoms with van der Waals surface area (Å²) in [6.07, 6.45) is 0.952. The van der Waals surface area contributed by atoms with E-state index in [0.29, 0.717) is 24.7 Å². The second kappa shape index (κ2) is 10.2. The minimum Gasteiger partial charge on any atom is -0.493 e. The maximum Gasteiger partial charge on any atom is 0.175 e. The number of methoxy groups -OCH3 is 1. The number of halogens is 1. The Balaban J connectivity index is 2.63. The van der Waals surface area contributed by atoms with Crippen LogP contribution in [0.4, 0.5) is 0 Å². The molecule has 0 spiro atoms. The zero-order chi connectivity index (χ0) is 15.7. The van der Waals surface area contributed by atoms with Gasteiger partial charge in [0, 0.05) is 35.4 Å². The van der Waals surface area contributed by atoms with Crippen molar-refractivity contribution in [2.24, 2.45) is 0 Å². The minimum atomic E-state index is -0.719. The number of hydrogen-bond acceptors (Lipinski definition) is 4. The molecule has 0 fully saturated rings. The molecule has 1 aromatic rings. The molecule has 0 heterocycles. The summed E-state index contributed by atoms with van der Waals surface area (Å²) in [6.45, 7) is 6.12. The van der Waals surface area contributed by atoms with E-state index in [0.717, 1.165) is 34.5 Å². The first-order valence-electron chi connectivity index (χ1n) is 7.17. The van der Waals surface area contributed by atoms with Crippen LogP contribution >= 0.6 is 15.9 Å². The molecule has 0 aliphatic heterocycles. The van der Waals surface area contributed by atoms with Gasteiger partial charge in [-0.15, -0.1) is 0 Å². The third-order valence-corrected chi connectivity index (χ3v) is 4.79. The predicted molar refractivity (Wildman–Crippen MR) is 91.7 cm³/mol. The van der Waals surface area contributed by atoms with Gasteiger partial charge in [0.1, 0.15) is 0 Å². The van der Waals surface area contributed by atoms with Crippen LogP contribution in [0.25, 0.3) is 0 Å². The zero-order valence-corrected chi connectivity index (χ0v) is 15.3. The first kappa shape index (κ1) is 18.5. The van der Waals surface area contributed by atoms with E-state index in [4.69, 9.17) is 9.47 Å². The van der Waals surface area contributed by atoms with Crippen molar-refractivity contribution in [1.29, 1.82) is 0 Å². The topological polar surface area (TPSA) is 47.6 Å². The lowest BCUT2D eigenvalue weighted by Gasteiger charge is -2.14. The molecule has 120 valence electrons. The van der Waals surface area contributed by atoms with Crippen molar-refractivity contribution in [3.63, 3.8) is 0 Å². The van der Waals surface area contributed by atoms with Gasteiger partial charge in [-0.25, -0.2) is 0 Å². The summed E-state index contributed by atoms with van der Waals surface area (Å²) in [6, 6.07) is 4.00. The van der Waals surface area contributed by atoms with Crippen molar-refractivity contribution in [3.05, 3.63) is 22.2 Å². The molecule has 1 aromatic carbocycles. The van der Waals surface area contributed by atoms with Crippen LogP contribution in [-0.2, 0) is 17.3 Å². The lowest BCUT2D eigenvalue weighted by Crippen LogP contribution is -2.20. The van der Waals surface area contributed by atoms with Gasteiger partial charge in [-0.1, -0.05) is 13.8 Å². The lowest BCUT2D eigenvalue weighted by molar-refractivity contribution is 0.292. The van der Waals surface area contributed by atoms with Crippen molar-refractivity contribution in [2.45, 2.75) is 26.8 Å². The molecule has 0 saturated heterocycles. The molecule has 4 nitrogen and oxygen atoms in total. The lowest BCUT2D eigenvalue weighted by atomic mass is 10.2. The van der Waals surface area contributed by atoms with Crippen LogP contribution in [0.1, 0.15) is 25.8 Å². The van der Waals surface area contributed by atoms with Crippen molar-refractivity contribution in [2.75, 3.05) is 31.8 Å². The highest BCUT2D eigenvalue weighted by molar-refractivity contribution is 9.10. The van der Waals surface area contributed by atoms with Crippen LogP contribution in [0.15, 0.2) is 16.6 Å². The molecule has 1 unspecified atom stereocenters. The van der Waals surface area contributed by atoms with E-state index in [1.807, 2.05) is 19.1 Å². The van der Waals surface area contributed by atoms with E-state index in [2.05, 4.69) is 28.2 Å². The standard InChI is InChI=1S/C15H24BrNO3S/c1-4-7-20-15-13(16)9-12(10-14(15)19-3)11-17-6-8-21(18)5-2/h9-10,17H,4-8,11H2,1-3H3. The summed E-state index contributed by atoms with van der Waals surface area (Å²) < 4.78 is 23.3. The Bertz CT molecular complexity index is 468. The molecule has 0 aromatic heterocycles. The summed E-state index contributed by atoms with van der Waals surface area (Å²) in [5.41, 5.74) is 1.10. The smallest absolute Gasteiger partial charge is 0.175 e. The molecule has 21 heavy (non-hydrogen) atoms. The molecule has 1 N–H and O–H groups in total. The number of ether oxygens (including phenoxy) is 2. The van der Waals surface area contributed by atoms with Crippen molar-refractivity contribution < 1.29 is 13.7 Å². The molecule has 0 aliphatic carbocycles. The highest BCUT2D eigenvalue weighted by Gasteiger charge is 2.11. The average molecular weight is 378 g/mol. The fourth-order valence-corrected chi connectivity index (χ4v) is 3.05. The van der Waals surface area contributed by atoms with Crippen LogP contribution in [0.2, 0.25) is 0 Å². The third-order valence-electron chi connectivity index (χ3n) is 2.90. The highest BCUT2D eigenvalue weighted by atomic mass is 79.9. The molecule has 1 rings (SSSR count). The fraction of sp³-hybridized carbons (Fsp3) is 0.600. The van der Waals surface area contributed by atoms with Crippen LogP contribution in [0.3, 0.4) is 0 Å². The van der Waals surface area contributed by atoms with E-state index in [1.165, 1.54) is 0 Å². The maximum atomic E-state index is 11.3. The Morgan fingerprint density at radius 1 is 1.33 bits per heavy atom. The van der Waals surface area contributed by atoms with E-state index in [-0.39, 0.29) is 0 Å². The summed E-state index contributed by atoms with van der Waals surface area (Å²) in [7, 11) is 0.922. The predicted octanol–water partition coefficient (Wildman–Crippen LogP) is 3.10. The fourth-order valence-electron chi connectivity index (χ4n) is 1.78. The summed E-state index contributed by atoms with van der Waals surface area (Å²) in [5, 5.41) is 3.30. The minimum absolute atomic E-state index is 0.662. The molecule has 0 saturated carbocycles. The summed E-state index contributed by atoms with van der Waals surface area (Å²) >= 11 is 3.53. The first-order valence-corrected chi connectivity index (χ1v) is 9.45. The second-order valence-corrected chi connectivity index (χ2v) is 7.29. The van der Waals surface area contributed by atoms with Crippen molar-refractivity contribution >= 4 is 26.7 Å². The van der Waals surface area contributed by atoms with Gasteiger partial charge in [0.2, 0.25) is 0 Å². The second-order valence-electron chi connectivity index (χ2n) is 4.57. The Morgan fingerprint density at radius 3 is 2.71 bits per heavy atom. The van der Waals surface area contributed by atoms with E-state index < -0.39 is 10.8 Å². The molecular weight excluding hydrogens is 354 g/mol. The van der Waals surface area contributed by atoms with Crippen LogP contribution in [0.5, 0.6) is 11.5 Å². The molecule has 0 bridgehead atoms. The van der Waals surface area contributed by atoms with Gasteiger partial charge >= 0.3 is 0 Å². The van der Waals surface area contributed by atoms with Gasteiger partial charge < -0.3 is 14.8 Å². The maximum absolute atomic E-state index is 11.3. The van der Waals surface area contributed by atoms with Gasteiger partial charge in [-0.05, 0) is 40.0 Å². The molecule has 0 aliphatic rings. The van der Waals surface area contributed by atoms with Crippen molar-refractivity contribution in [1.82, 2.24) is 5.32 Å². The Kier molecular flexibility index (Phi) is 8.96. The van der Waals surface area contributed by atoms with Gasteiger partial charge in [0.15, 0.2) is 11.5 Å². The van der Waals surface area contributed by atoms with Gasteiger partial charge in [0.25, 0.3) is 0 Å². The number of nitrogens with one attached hydrogen (secondary N) is 1. The van der Waals surface area contributed by atoms with Gasteiger partial charge in [-0.3, -0.25) is 4.21 Å². The normalized spacial score (nSPS) is 12.2. The third kappa shape index (κ3) is 6.36. The summed E-state index contributed by atoms with van der Waals surface area (Å²) in [5.74, 6) is 2.87. The highest BCUT2D eigenvalue weighted by Crippen LogP contribution is 2.36. The van der Waals surface area contributed by atoms with Crippen LogP contribution in [0, 0.1) is 0 Å². The van der Waals surface area contributed by atoms with E-state index >= 15 is 0 Å². The van der Waals surface area contributed by atoms with Crippen molar-refractivity contribution in [3.8, 4) is 11.5 Å². The van der Waals surface area contributed by atoms with Crippen LogP contribution < -0.4 is 14.8 Å². The number of hydrogen-bond donors (Lipinski definition) is 1. The first-order chi connectivity index (χ1) is 10.1. The average Bonchev–Trinajstić information content (AvgIpc) is 2.49. The molecule has 1 atom stereocenters. The Hall–Kier alpha value is -0.590. The SMILES string of the molecule is CCCOc1c(Br)cc(CNCCS(=O)CC)cc1OC. The largest absolute Gasteiger partial charge is 0.493 e. The van der Waals surface area contributed by atoms with Crippen LogP contribution in [-0.4, -0.2) is 36.0 Å². The monoisotopic (exact) mass is 377 g/mol. The quantitative estimate of drug-likeness (QED) is 0.636. The Morgan fingerprint density at radius 2 is 2.10 bits per heavy atom. The Labute approximate surface area is 138 Å². The molecule has 6 heteroatoms. The number of rotatable bonds is 10.